The van der Waals surface area contributed by atoms with Crippen LogP contribution < -0.4 is 5.32 Å². The van der Waals surface area contributed by atoms with E-state index in [0.717, 1.165) is 5.56 Å². The van der Waals surface area contributed by atoms with E-state index >= 15 is 0 Å². The first-order chi connectivity index (χ1) is 9.34. The van der Waals surface area contributed by atoms with Crippen molar-refractivity contribution in [2.75, 3.05) is 0 Å². The Balaban J connectivity index is 1.73. The van der Waals surface area contributed by atoms with Crippen LogP contribution >= 0.6 is 0 Å². The zero-order valence-electron chi connectivity index (χ0n) is 11.0. The first kappa shape index (κ1) is 12.2. The maximum atomic E-state index is 9.80. The lowest BCUT2D eigenvalue weighted by Crippen LogP contribution is -2.24. The molecule has 2 nitrogen and oxygen atoms in total. The van der Waals surface area contributed by atoms with Crippen LogP contribution in [0.1, 0.15) is 35.6 Å². The van der Waals surface area contributed by atoms with Crippen molar-refractivity contribution in [1.82, 2.24) is 5.32 Å². The van der Waals surface area contributed by atoms with Crippen LogP contribution in [0.2, 0.25) is 0 Å². The molecule has 0 heterocycles. The summed E-state index contributed by atoms with van der Waals surface area (Å²) in [5.41, 5.74) is 3.85. The highest BCUT2D eigenvalue weighted by atomic mass is 16.3. The summed E-state index contributed by atoms with van der Waals surface area (Å²) < 4.78 is 0. The highest BCUT2D eigenvalue weighted by Gasteiger charge is 2.19. The summed E-state index contributed by atoms with van der Waals surface area (Å²) in [6.45, 7) is 0.714. The second-order valence-corrected chi connectivity index (χ2v) is 5.15. The molecule has 0 saturated heterocycles. The predicted octanol–water partition coefficient (Wildman–Crippen LogP) is 3.56. The maximum Gasteiger partial charge on any atom is 0.120 e. The standard InChI is InChI=1S/C17H19NO/c19-17-11-4-2-7-14(17)12-18-16-10-5-8-13-6-1-3-9-15(13)16/h1-4,6-7,9,11,16,18-19H,5,8,10,12H2/t16-/m0/s1. The molecule has 0 amide bonds. The first-order valence-electron chi connectivity index (χ1n) is 6.92. The summed E-state index contributed by atoms with van der Waals surface area (Å²) in [6, 6.07) is 16.6. The molecule has 0 fully saturated rings. The molecule has 0 bridgehead atoms. The average Bonchev–Trinajstić information content (AvgIpc) is 2.46. The Morgan fingerprint density at radius 3 is 2.74 bits per heavy atom. The van der Waals surface area contributed by atoms with E-state index in [4.69, 9.17) is 0 Å². The van der Waals surface area contributed by atoms with Gasteiger partial charge in [0.25, 0.3) is 0 Å². The van der Waals surface area contributed by atoms with Gasteiger partial charge in [0.05, 0.1) is 0 Å². The predicted molar refractivity (Wildman–Crippen MR) is 77.1 cm³/mol. The van der Waals surface area contributed by atoms with Crippen LogP contribution in [0.3, 0.4) is 0 Å². The minimum atomic E-state index is 0.374. The summed E-state index contributed by atoms with van der Waals surface area (Å²) in [5.74, 6) is 0.374. The van der Waals surface area contributed by atoms with Crippen LogP contribution in [0.4, 0.5) is 0 Å². The van der Waals surface area contributed by atoms with E-state index < -0.39 is 0 Å². The van der Waals surface area contributed by atoms with Crippen molar-refractivity contribution in [3.8, 4) is 5.75 Å². The maximum absolute atomic E-state index is 9.80. The van der Waals surface area contributed by atoms with Gasteiger partial charge in [0, 0.05) is 18.2 Å². The highest BCUT2D eigenvalue weighted by Crippen LogP contribution is 2.30. The third-order valence-corrected chi connectivity index (χ3v) is 3.90. The number of para-hydroxylation sites is 1. The number of benzene rings is 2. The summed E-state index contributed by atoms with van der Waals surface area (Å²) in [6.07, 6.45) is 3.59. The zero-order valence-corrected chi connectivity index (χ0v) is 11.0. The second-order valence-electron chi connectivity index (χ2n) is 5.15. The van der Waals surface area contributed by atoms with Crippen LogP contribution in [-0.4, -0.2) is 5.11 Å². The zero-order chi connectivity index (χ0) is 13.1. The lowest BCUT2D eigenvalue weighted by molar-refractivity contribution is 0.438. The Kier molecular flexibility index (Phi) is 3.51. The molecule has 1 aliphatic rings. The molecule has 2 aromatic carbocycles. The van der Waals surface area contributed by atoms with Gasteiger partial charge in [-0.3, -0.25) is 0 Å². The van der Waals surface area contributed by atoms with Crippen molar-refractivity contribution in [2.24, 2.45) is 0 Å². The van der Waals surface area contributed by atoms with E-state index in [2.05, 4.69) is 29.6 Å². The van der Waals surface area contributed by atoms with Crippen LogP contribution in [-0.2, 0) is 13.0 Å². The van der Waals surface area contributed by atoms with E-state index in [9.17, 15) is 5.11 Å². The number of aryl methyl sites for hydroxylation is 1. The van der Waals surface area contributed by atoms with E-state index in [1.54, 1.807) is 6.07 Å². The van der Waals surface area contributed by atoms with Crippen molar-refractivity contribution >= 4 is 0 Å². The Labute approximate surface area is 114 Å². The Morgan fingerprint density at radius 2 is 1.84 bits per heavy atom. The summed E-state index contributed by atoms with van der Waals surface area (Å²) in [4.78, 5) is 0. The number of phenolic OH excluding ortho intramolecular Hbond substituents is 1. The van der Waals surface area contributed by atoms with Crippen LogP contribution in [0, 0.1) is 0 Å². The molecule has 3 rings (SSSR count). The van der Waals surface area contributed by atoms with Gasteiger partial charge in [0.15, 0.2) is 0 Å². The number of nitrogens with one attached hydrogen (secondary N) is 1. The number of hydrogen-bond donors (Lipinski definition) is 2. The molecule has 2 heteroatoms. The monoisotopic (exact) mass is 253 g/mol. The smallest absolute Gasteiger partial charge is 0.120 e. The molecule has 98 valence electrons. The molecular formula is C17H19NO. The molecule has 0 radical (unpaired) electrons. The minimum absolute atomic E-state index is 0.374. The van der Waals surface area contributed by atoms with Crippen molar-refractivity contribution in [3.63, 3.8) is 0 Å². The second kappa shape index (κ2) is 5.45. The van der Waals surface area contributed by atoms with E-state index in [-0.39, 0.29) is 0 Å². The number of rotatable bonds is 3. The van der Waals surface area contributed by atoms with Gasteiger partial charge < -0.3 is 10.4 Å². The van der Waals surface area contributed by atoms with Crippen LogP contribution in [0.25, 0.3) is 0 Å². The summed E-state index contributed by atoms with van der Waals surface area (Å²) in [5, 5.41) is 13.4. The molecular weight excluding hydrogens is 234 g/mol. The molecule has 0 spiro atoms. The third-order valence-electron chi connectivity index (χ3n) is 3.90. The van der Waals surface area contributed by atoms with E-state index in [1.807, 2.05) is 18.2 Å². The number of fused-ring (bicyclic) bond motifs is 1. The summed E-state index contributed by atoms with van der Waals surface area (Å²) in [7, 11) is 0. The van der Waals surface area contributed by atoms with Crippen molar-refractivity contribution < 1.29 is 5.11 Å². The number of phenols is 1. The lowest BCUT2D eigenvalue weighted by atomic mass is 9.87. The first-order valence-corrected chi connectivity index (χ1v) is 6.92. The number of aromatic hydroxyl groups is 1. The van der Waals surface area contributed by atoms with E-state index in [0.29, 0.717) is 18.3 Å². The van der Waals surface area contributed by atoms with Gasteiger partial charge in [-0.05, 0) is 36.5 Å². The molecule has 0 aromatic heterocycles. The fourth-order valence-corrected chi connectivity index (χ4v) is 2.86. The summed E-state index contributed by atoms with van der Waals surface area (Å²) >= 11 is 0. The fraction of sp³-hybridized carbons (Fsp3) is 0.294. The van der Waals surface area contributed by atoms with Crippen molar-refractivity contribution in [1.29, 1.82) is 0 Å². The number of hydrogen-bond acceptors (Lipinski definition) is 2. The van der Waals surface area contributed by atoms with Gasteiger partial charge in [-0.25, -0.2) is 0 Å². The lowest BCUT2D eigenvalue weighted by Gasteiger charge is -2.26. The Hall–Kier alpha value is -1.80. The Morgan fingerprint density at radius 1 is 1.05 bits per heavy atom. The van der Waals surface area contributed by atoms with Gasteiger partial charge in [0.1, 0.15) is 5.75 Å². The molecule has 2 aromatic rings. The molecule has 1 atom stereocenters. The topological polar surface area (TPSA) is 32.3 Å². The molecule has 1 aliphatic carbocycles. The molecule has 0 aliphatic heterocycles. The van der Waals surface area contributed by atoms with Gasteiger partial charge in [0.2, 0.25) is 0 Å². The van der Waals surface area contributed by atoms with Gasteiger partial charge in [-0.1, -0.05) is 42.5 Å². The molecule has 0 saturated carbocycles. The fourth-order valence-electron chi connectivity index (χ4n) is 2.86. The quantitative estimate of drug-likeness (QED) is 0.876. The third kappa shape index (κ3) is 2.64. The Bertz CT molecular complexity index is 565. The minimum Gasteiger partial charge on any atom is -0.508 e. The molecule has 19 heavy (non-hydrogen) atoms. The SMILES string of the molecule is Oc1ccccc1CN[C@H]1CCCc2ccccc21. The van der Waals surface area contributed by atoms with E-state index in [1.165, 1.54) is 30.4 Å². The normalized spacial score (nSPS) is 18.0. The van der Waals surface area contributed by atoms with Gasteiger partial charge >= 0.3 is 0 Å². The van der Waals surface area contributed by atoms with Crippen molar-refractivity contribution in [3.05, 3.63) is 65.2 Å². The van der Waals surface area contributed by atoms with Gasteiger partial charge in [-0.2, -0.15) is 0 Å². The van der Waals surface area contributed by atoms with Crippen LogP contribution in [0.15, 0.2) is 48.5 Å². The largest absolute Gasteiger partial charge is 0.508 e. The van der Waals surface area contributed by atoms with Crippen LogP contribution in [0.5, 0.6) is 5.75 Å². The molecule has 2 N–H and O–H groups in total. The average molecular weight is 253 g/mol. The highest BCUT2D eigenvalue weighted by molar-refractivity contribution is 5.34. The molecule has 0 unspecified atom stereocenters. The van der Waals surface area contributed by atoms with Crippen molar-refractivity contribution in [2.45, 2.75) is 31.8 Å². The van der Waals surface area contributed by atoms with Gasteiger partial charge in [-0.15, -0.1) is 0 Å².